The molecule has 26 heavy (non-hydrogen) atoms. The summed E-state index contributed by atoms with van der Waals surface area (Å²) in [5.41, 5.74) is 14.3. The van der Waals surface area contributed by atoms with Crippen molar-refractivity contribution in [3.63, 3.8) is 0 Å². The highest BCUT2D eigenvalue weighted by Crippen LogP contribution is 2.40. The van der Waals surface area contributed by atoms with Gasteiger partial charge in [-0.1, -0.05) is 18.2 Å². The van der Waals surface area contributed by atoms with Crippen LogP contribution in [-0.2, 0) is 11.2 Å². The standard InChI is InChI=1S/C23H29NO2/c1-15-12-18(26-14-17-8-10-25-11-9-17)13-16(2)23(15)21-5-3-4-20-19(21)6-7-22(20)24/h3-5,12-13,17,22H,6-11,14,24H2,1-2H3/t22-/m1/s1. The zero-order valence-corrected chi connectivity index (χ0v) is 15.9. The predicted octanol–water partition coefficient (Wildman–Crippen LogP) is 4.72. The molecule has 0 saturated carbocycles. The molecular weight excluding hydrogens is 322 g/mol. The Hall–Kier alpha value is -1.84. The number of hydrogen-bond donors (Lipinski definition) is 1. The minimum atomic E-state index is 0.188. The second-order valence-electron chi connectivity index (χ2n) is 7.82. The van der Waals surface area contributed by atoms with Crippen LogP contribution in [0.1, 0.15) is 47.6 Å². The summed E-state index contributed by atoms with van der Waals surface area (Å²) < 4.78 is 11.6. The average molecular weight is 351 g/mol. The number of benzene rings is 2. The Morgan fingerprint density at radius 3 is 2.54 bits per heavy atom. The summed E-state index contributed by atoms with van der Waals surface area (Å²) in [7, 11) is 0. The minimum Gasteiger partial charge on any atom is -0.493 e. The summed E-state index contributed by atoms with van der Waals surface area (Å²) in [6.07, 6.45) is 4.34. The third-order valence-corrected chi connectivity index (χ3v) is 5.92. The molecule has 138 valence electrons. The van der Waals surface area contributed by atoms with Gasteiger partial charge in [-0.25, -0.2) is 0 Å². The number of hydrogen-bond acceptors (Lipinski definition) is 3. The first-order chi connectivity index (χ1) is 12.6. The molecule has 2 aromatic rings. The molecule has 2 aliphatic rings. The van der Waals surface area contributed by atoms with E-state index < -0.39 is 0 Å². The maximum atomic E-state index is 6.28. The van der Waals surface area contributed by atoms with Crippen LogP contribution in [0, 0.1) is 19.8 Å². The minimum absolute atomic E-state index is 0.188. The Morgan fingerprint density at radius 1 is 1.08 bits per heavy atom. The Balaban J connectivity index is 1.59. The van der Waals surface area contributed by atoms with Crippen LogP contribution in [0.4, 0.5) is 0 Å². The van der Waals surface area contributed by atoms with E-state index in [4.69, 9.17) is 15.2 Å². The van der Waals surface area contributed by atoms with E-state index >= 15 is 0 Å². The lowest BCUT2D eigenvalue weighted by Crippen LogP contribution is -2.21. The first-order valence-corrected chi connectivity index (χ1v) is 9.83. The lowest BCUT2D eigenvalue weighted by Gasteiger charge is -2.23. The van der Waals surface area contributed by atoms with Gasteiger partial charge >= 0.3 is 0 Å². The third kappa shape index (κ3) is 3.38. The molecule has 3 heteroatoms. The molecule has 2 N–H and O–H groups in total. The highest BCUT2D eigenvalue weighted by Gasteiger charge is 2.23. The molecule has 0 aromatic heterocycles. The normalized spacial score (nSPS) is 20.2. The van der Waals surface area contributed by atoms with E-state index in [2.05, 4.69) is 44.2 Å². The molecule has 2 aromatic carbocycles. The van der Waals surface area contributed by atoms with Gasteiger partial charge in [-0.2, -0.15) is 0 Å². The molecule has 0 radical (unpaired) electrons. The summed E-state index contributed by atoms with van der Waals surface area (Å²) in [5, 5.41) is 0. The molecule has 0 amide bonds. The highest BCUT2D eigenvalue weighted by molar-refractivity contribution is 5.76. The van der Waals surface area contributed by atoms with Crippen LogP contribution < -0.4 is 10.5 Å². The van der Waals surface area contributed by atoms with Crippen LogP contribution >= 0.6 is 0 Å². The molecule has 0 bridgehead atoms. The van der Waals surface area contributed by atoms with Crippen molar-refractivity contribution in [2.24, 2.45) is 11.7 Å². The van der Waals surface area contributed by atoms with E-state index in [1.807, 2.05) is 0 Å². The van der Waals surface area contributed by atoms with Gasteiger partial charge in [0.2, 0.25) is 0 Å². The fourth-order valence-electron chi connectivity index (χ4n) is 4.48. The topological polar surface area (TPSA) is 44.5 Å². The van der Waals surface area contributed by atoms with Gasteiger partial charge in [0.1, 0.15) is 5.75 Å². The Kier molecular flexibility index (Phi) is 5.01. The zero-order chi connectivity index (χ0) is 18.1. The lowest BCUT2D eigenvalue weighted by molar-refractivity contribution is 0.0497. The van der Waals surface area contributed by atoms with Gasteiger partial charge in [-0.3, -0.25) is 0 Å². The molecular formula is C23H29NO2. The monoisotopic (exact) mass is 351 g/mol. The summed E-state index contributed by atoms with van der Waals surface area (Å²) in [6, 6.07) is 11.1. The average Bonchev–Trinajstić information content (AvgIpc) is 3.02. The summed E-state index contributed by atoms with van der Waals surface area (Å²) >= 11 is 0. The van der Waals surface area contributed by atoms with Crippen molar-refractivity contribution in [1.29, 1.82) is 0 Å². The zero-order valence-electron chi connectivity index (χ0n) is 15.9. The van der Waals surface area contributed by atoms with Crippen LogP contribution in [-0.4, -0.2) is 19.8 Å². The highest BCUT2D eigenvalue weighted by atomic mass is 16.5. The maximum absolute atomic E-state index is 6.28. The van der Waals surface area contributed by atoms with E-state index in [0.29, 0.717) is 5.92 Å². The van der Waals surface area contributed by atoms with Gasteiger partial charge in [0.05, 0.1) is 6.61 Å². The Labute approximate surface area is 156 Å². The Bertz CT molecular complexity index is 770. The third-order valence-electron chi connectivity index (χ3n) is 5.92. The quantitative estimate of drug-likeness (QED) is 0.867. The molecule has 1 aliphatic carbocycles. The van der Waals surface area contributed by atoms with E-state index in [9.17, 15) is 0 Å². The summed E-state index contributed by atoms with van der Waals surface area (Å²) in [5.74, 6) is 1.60. The van der Waals surface area contributed by atoms with Gasteiger partial charge in [0.25, 0.3) is 0 Å². The second kappa shape index (κ2) is 7.42. The number of nitrogens with two attached hydrogens (primary N) is 1. The summed E-state index contributed by atoms with van der Waals surface area (Å²) in [6.45, 7) is 6.91. The van der Waals surface area contributed by atoms with Crippen molar-refractivity contribution in [3.8, 4) is 16.9 Å². The van der Waals surface area contributed by atoms with Crippen molar-refractivity contribution in [3.05, 3.63) is 52.6 Å². The van der Waals surface area contributed by atoms with Crippen molar-refractivity contribution in [2.75, 3.05) is 19.8 Å². The molecule has 0 spiro atoms. The van der Waals surface area contributed by atoms with Crippen molar-refractivity contribution >= 4 is 0 Å². The van der Waals surface area contributed by atoms with Crippen LogP contribution in [0.25, 0.3) is 11.1 Å². The number of fused-ring (bicyclic) bond motifs is 1. The van der Waals surface area contributed by atoms with E-state index in [-0.39, 0.29) is 6.04 Å². The van der Waals surface area contributed by atoms with Gasteiger partial charge in [-0.05, 0) is 91.0 Å². The first kappa shape index (κ1) is 17.6. The predicted molar refractivity (Wildman–Crippen MR) is 106 cm³/mol. The lowest BCUT2D eigenvalue weighted by atomic mass is 9.90. The first-order valence-electron chi connectivity index (χ1n) is 9.83. The van der Waals surface area contributed by atoms with Crippen LogP contribution in [0.15, 0.2) is 30.3 Å². The van der Waals surface area contributed by atoms with Gasteiger partial charge in [-0.15, -0.1) is 0 Å². The maximum Gasteiger partial charge on any atom is 0.119 e. The Morgan fingerprint density at radius 2 is 1.81 bits per heavy atom. The van der Waals surface area contributed by atoms with Crippen molar-refractivity contribution in [2.45, 2.75) is 45.6 Å². The fraction of sp³-hybridized carbons (Fsp3) is 0.478. The molecule has 1 atom stereocenters. The molecule has 3 nitrogen and oxygen atoms in total. The molecule has 1 saturated heterocycles. The van der Waals surface area contributed by atoms with Gasteiger partial charge in [0.15, 0.2) is 0 Å². The fourth-order valence-corrected chi connectivity index (χ4v) is 4.48. The smallest absolute Gasteiger partial charge is 0.119 e. The number of rotatable bonds is 4. The molecule has 1 fully saturated rings. The summed E-state index contributed by atoms with van der Waals surface area (Å²) in [4.78, 5) is 0. The van der Waals surface area contributed by atoms with Crippen molar-refractivity contribution < 1.29 is 9.47 Å². The van der Waals surface area contributed by atoms with Gasteiger partial charge < -0.3 is 15.2 Å². The molecule has 1 aliphatic heterocycles. The van der Waals surface area contributed by atoms with Crippen molar-refractivity contribution in [1.82, 2.24) is 0 Å². The second-order valence-corrected chi connectivity index (χ2v) is 7.82. The van der Waals surface area contributed by atoms with Gasteiger partial charge in [0, 0.05) is 19.3 Å². The van der Waals surface area contributed by atoms with Crippen LogP contribution in [0.3, 0.4) is 0 Å². The van der Waals surface area contributed by atoms with E-state index in [0.717, 1.165) is 51.3 Å². The molecule has 1 heterocycles. The van der Waals surface area contributed by atoms with Crippen LogP contribution in [0.5, 0.6) is 5.75 Å². The molecule has 0 unspecified atom stereocenters. The SMILES string of the molecule is Cc1cc(OCC2CCOCC2)cc(C)c1-c1cccc2c1CC[C@H]2N. The van der Waals surface area contributed by atoms with E-state index in [1.165, 1.54) is 33.4 Å². The number of aryl methyl sites for hydroxylation is 2. The molecule has 4 rings (SSSR count). The van der Waals surface area contributed by atoms with E-state index in [1.54, 1.807) is 0 Å². The largest absolute Gasteiger partial charge is 0.493 e. The number of ether oxygens (including phenoxy) is 2. The van der Waals surface area contributed by atoms with Crippen LogP contribution in [0.2, 0.25) is 0 Å².